The number of halogens is 1. The van der Waals surface area contributed by atoms with Crippen LogP contribution in [0.5, 0.6) is 5.75 Å². The van der Waals surface area contributed by atoms with Gasteiger partial charge in [0.15, 0.2) is 0 Å². The van der Waals surface area contributed by atoms with Crippen molar-refractivity contribution < 1.29 is 13.9 Å². The van der Waals surface area contributed by atoms with Gasteiger partial charge in [-0.15, -0.1) is 0 Å². The summed E-state index contributed by atoms with van der Waals surface area (Å²) in [7, 11) is 1.63. The molecule has 0 saturated heterocycles. The maximum Gasteiger partial charge on any atom is 0.251 e. The predicted octanol–water partition coefficient (Wildman–Crippen LogP) is 4.32. The molecule has 0 aliphatic carbocycles. The molecule has 1 aromatic heterocycles. The number of carbonyl (C=O) groups excluding carboxylic acids is 1. The van der Waals surface area contributed by atoms with E-state index in [1.165, 1.54) is 12.1 Å². The number of amides is 1. The molecule has 0 radical (unpaired) electrons. The van der Waals surface area contributed by atoms with Crippen LogP contribution in [0.4, 0.5) is 4.39 Å². The van der Waals surface area contributed by atoms with Gasteiger partial charge < -0.3 is 15.0 Å². The molecule has 1 amide bonds. The first-order valence-electron chi connectivity index (χ1n) is 8.87. The van der Waals surface area contributed by atoms with Crippen LogP contribution in [-0.4, -0.2) is 17.6 Å². The number of aromatic nitrogens is 1. The van der Waals surface area contributed by atoms with Crippen LogP contribution in [-0.2, 0) is 13.0 Å². The normalized spacial score (nSPS) is 10.8. The van der Waals surface area contributed by atoms with E-state index in [1.54, 1.807) is 19.2 Å². The van der Waals surface area contributed by atoms with E-state index in [2.05, 4.69) is 4.57 Å². The molecule has 3 rings (SSSR count). The molecular formula is C22H23FN2O2. The van der Waals surface area contributed by atoms with Crippen molar-refractivity contribution in [2.75, 3.05) is 7.11 Å². The zero-order valence-electron chi connectivity index (χ0n) is 15.8. The van der Waals surface area contributed by atoms with Gasteiger partial charge in [0.05, 0.1) is 19.2 Å². The quantitative estimate of drug-likeness (QED) is 0.706. The van der Waals surface area contributed by atoms with E-state index >= 15 is 0 Å². The van der Waals surface area contributed by atoms with Crippen molar-refractivity contribution in [3.8, 4) is 16.9 Å². The number of carbonyl (C=O) groups is 1. The van der Waals surface area contributed by atoms with Crippen LogP contribution in [0, 0.1) is 12.7 Å². The number of para-hydroxylation sites is 1. The van der Waals surface area contributed by atoms with Crippen LogP contribution in [0.15, 0.2) is 48.5 Å². The van der Waals surface area contributed by atoms with E-state index in [0.717, 1.165) is 22.7 Å². The second-order valence-electron chi connectivity index (χ2n) is 6.41. The molecule has 27 heavy (non-hydrogen) atoms. The summed E-state index contributed by atoms with van der Waals surface area (Å²) in [6.07, 6.45) is 0.676. The Bertz CT molecular complexity index is 992. The third-order valence-corrected chi connectivity index (χ3v) is 4.85. The van der Waals surface area contributed by atoms with Crippen molar-refractivity contribution in [1.82, 2.24) is 4.57 Å². The summed E-state index contributed by atoms with van der Waals surface area (Å²) < 4.78 is 21.4. The van der Waals surface area contributed by atoms with E-state index in [0.29, 0.717) is 29.7 Å². The van der Waals surface area contributed by atoms with E-state index in [1.807, 2.05) is 38.1 Å². The highest BCUT2D eigenvalue weighted by Gasteiger charge is 2.24. The van der Waals surface area contributed by atoms with E-state index < -0.39 is 5.91 Å². The van der Waals surface area contributed by atoms with Crippen LogP contribution >= 0.6 is 0 Å². The van der Waals surface area contributed by atoms with Gasteiger partial charge in [0.25, 0.3) is 5.91 Å². The topological polar surface area (TPSA) is 57.2 Å². The van der Waals surface area contributed by atoms with Crippen LogP contribution in [0.25, 0.3) is 11.1 Å². The summed E-state index contributed by atoms with van der Waals surface area (Å²) in [5, 5.41) is 0. The Kier molecular flexibility index (Phi) is 5.31. The number of rotatable bonds is 6. The minimum Gasteiger partial charge on any atom is -0.496 e. The molecule has 0 fully saturated rings. The van der Waals surface area contributed by atoms with Gasteiger partial charge in [-0.1, -0.05) is 37.3 Å². The number of benzene rings is 2. The number of nitrogens with zero attached hydrogens (tertiary/aromatic N) is 1. The fourth-order valence-electron chi connectivity index (χ4n) is 3.64. The third kappa shape index (κ3) is 3.45. The Morgan fingerprint density at radius 3 is 2.56 bits per heavy atom. The zero-order valence-corrected chi connectivity index (χ0v) is 15.8. The summed E-state index contributed by atoms with van der Waals surface area (Å²) in [4.78, 5) is 12.2. The molecule has 1 heterocycles. The maximum atomic E-state index is 13.8. The van der Waals surface area contributed by atoms with E-state index in [4.69, 9.17) is 10.5 Å². The molecule has 0 aliphatic rings. The Morgan fingerprint density at radius 2 is 1.93 bits per heavy atom. The van der Waals surface area contributed by atoms with Crippen molar-refractivity contribution in [3.05, 3.63) is 76.9 Å². The number of methoxy groups -OCH3 is 1. The number of hydrogen-bond donors (Lipinski definition) is 1. The van der Waals surface area contributed by atoms with Crippen molar-refractivity contribution in [1.29, 1.82) is 0 Å². The summed E-state index contributed by atoms with van der Waals surface area (Å²) in [5.74, 6) is -0.0825. The first-order valence-corrected chi connectivity index (χ1v) is 8.87. The van der Waals surface area contributed by atoms with Crippen molar-refractivity contribution in [3.63, 3.8) is 0 Å². The van der Waals surface area contributed by atoms with Crippen LogP contribution in [0.3, 0.4) is 0 Å². The number of nitrogens with two attached hydrogens (primary N) is 1. The van der Waals surface area contributed by atoms with Gasteiger partial charge in [-0.2, -0.15) is 0 Å². The number of primary amides is 1. The molecule has 2 aromatic carbocycles. The van der Waals surface area contributed by atoms with Gasteiger partial charge in [0, 0.05) is 22.5 Å². The lowest BCUT2D eigenvalue weighted by molar-refractivity contribution is 0.1000. The summed E-state index contributed by atoms with van der Waals surface area (Å²) in [5.41, 5.74) is 10.2. The van der Waals surface area contributed by atoms with Crippen molar-refractivity contribution in [2.24, 2.45) is 5.73 Å². The second kappa shape index (κ2) is 7.66. The standard InChI is InChI=1S/C22H23FN2O2/c1-4-18-21(15-9-7-10-17(23)12-15)20(22(24)26)14(2)25(18)13-16-8-5-6-11-19(16)27-3/h5-12H,4,13H2,1-3H3,(H2,24,26). The van der Waals surface area contributed by atoms with Crippen molar-refractivity contribution >= 4 is 5.91 Å². The highest BCUT2D eigenvalue weighted by molar-refractivity contribution is 6.02. The molecule has 0 spiro atoms. The average molecular weight is 366 g/mol. The lowest BCUT2D eigenvalue weighted by Crippen LogP contribution is -2.13. The van der Waals surface area contributed by atoms with Gasteiger partial charge in [-0.25, -0.2) is 4.39 Å². The fourth-order valence-corrected chi connectivity index (χ4v) is 3.64. The van der Waals surface area contributed by atoms with Gasteiger partial charge in [-0.05, 0) is 37.1 Å². The highest BCUT2D eigenvalue weighted by atomic mass is 19.1. The van der Waals surface area contributed by atoms with E-state index in [9.17, 15) is 9.18 Å². The summed E-state index contributed by atoms with van der Waals surface area (Å²) in [6.45, 7) is 4.42. The molecule has 3 aromatic rings. The Hall–Kier alpha value is -3.08. The minimum atomic E-state index is -0.514. The fraction of sp³-hybridized carbons (Fsp3) is 0.227. The lowest BCUT2D eigenvalue weighted by Gasteiger charge is -2.14. The molecule has 0 bridgehead atoms. The van der Waals surface area contributed by atoms with Gasteiger partial charge in [0.2, 0.25) is 0 Å². The van der Waals surface area contributed by atoms with Crippen LogP contribution in [0.1, 0.15) is 34.2 Å². The zero-order chi connectivity index (χ0) is 19.6. The predicted molar refractivity (Wildman–Crippen MR) is 105 cm³/mol. The smallest absolute Gasteiger partial charge is 0.251 e. The Balaban J connectivity index is 2.24. The summed E-state index contributed by atoms with van der Waals surface area (Å²) in [6, 6.07) is 14.0. The number of ether oxygens (including phenoxy) is 1. The average Bonchev–Trinajstić information content (AvgIpc) is 2.94. The van der Waals surface area contributed by atoms with E-state index in [-0.39, 0.29) is 5.82 Å². The highest BCUT2D eigenvalue weighted by Crippen LogP contribution is 2.34. The molecule has 0 aliphatic heterocycles. The SMILES string of the molecule is CCc1c(-c2cccc(F)c2)c(C(N)=O)c(C)n1Cc1ccccc1OC. The molecule has 140 valence electrons. The molecule has 4 nitrogen and oxygen atoms in total. The number of hydrogen-bond acceptors (Lipinski definition) is 2. The maximum absolute atomic E-state index is 13.8. The monoisotopic (exact) mass is 366 g/mol. The van der Waals surface area contributed by atoms with Gasteiger partial charge in [-0.3, -0.25) is 4.79 Å². The van der Waals surface area contributed by atoms with Gasteiger partial charge >= 0.3 is 0 Å². The molecule has 5 heteroatoms. The van der Waals surface area contributed by atoms with Crippen LogP contribution in [0.2, 0.25) is 0 Å². The minimum absolute atomic E-state index is 0.347. The molecular weight excluding hydrogens is 343 g/mol. The van der Waals surface area contributed by atoms with Crippen molar-refractivity contribution in [2.45, 2.75) is 26.8 Å². The molecule has 0 saturated carbocycles. The first-order chi connectivity index (χ1) is 13.0. The molecule has 0 atom stereocenters. The second-order valence-corrected chi connectivity index (χ2v) is 6.41. The van der Waals surface area contributed by atoms with Gasteiger partial charge in [0.1, 0.15) is 11.6 Å². The largest absolute Gasteiger partial charge is 0.496 e. The molecule has 0 unspecified atom stereocenters. The summed E-state index contributed by atoms with van der Waals surface area (Å²) >= 11 is 0. The lowest BCUT2D eigenvalue weighted by atomic mass is 9.98. The Morgan fingerprint density at radius 1 is 1.19 bits per heavy atom. The molecule has 2 N–H and O–H groups in total. The van der Waals surface area contributed by atoms with Crippen LogP contribution < -0.4 is 10.5 Å². The Labute approximate surface area is 158 Å². The third-order valence-electron chi connectivity index (χ3n) is 4.85. The first kappa shape index (κ1) is 18.7.